The Balaban J connectivity index is 2.37. The van der Waals surface area contributed by atoms with Crippen molar-refractivity contribution in [3.8, 4) is 0 Å². The summed E-state index contributed by atoms with van der Waals surface area (Å²) in [7, 11) is 0. The Kier molecular flexibility index (Phi) is 3.21. The average Bonchev–Trinajstić information content (AvgIpc) is 2.70. The first-order chi connectivity index (χ1) is 8.42. The van der Waals surface area contributed by atoms with E-state index in [0.29, 0.717) is 30.5 Å². The second kappa shape index (κ2) is 4.53. The van der Waals surface area contributed by atoms with Gasteiger partial charge in [-0.15, -0.1) is 0 Å². The fourth-order valence-corrected chi connectivity index (χ4v) is 1.78. The summed E-state index contributed by atoms with van der Waals surface area (Å²) in [5.74, 6) is 0. The van der Waals surface area contributed by atoms with Crippen LogP contribution in [-0.2, 0) is 13.1 Å². The third-order valence-electron chi connectivity index (χ3n) is 2.89. The molecule has 18 heavy (non-hydrogen) atoms. The highest BCUT2D eigenvalue weighted by Crippen LogP contribution is 2.09. The first kappa shape index (κ1) is 12.8. The fourth-order valence-electron chi connectivity index (χ4n) is 1.78. The predicted octanol–water partition coefficient (Wildman–Crippen LogP) is 0.774. The highest BCUT2D eigenvalue weighted by atomic mass is 16.3. The molecule has 6 nitrogen and oxygen atoms in total. The molecule has 2 rings (SSSR count). The van der Waals surface area contributed by atoms with Crippen molar-refractivity contribution in [3.05, 3.63) is 22.9 Å². The maximum atomic E-state index is 12.2. The molecule has 0 aliphatic heterocycles. The van der Waals surface area contributed by atoms with Gasteiger partial charge in [-0.2, -0.15) is 5.10 Å². The molecular formula is C12H18N4O2. The van der Waals surface area contributed by atoms with Crippen molar-refractivity contribution in [1.29, 1.82) is 0 Å². The number of aromatic nitrogens is 4. The summed E-state index contributed by atoms with van der Waals surface area (Å²) in [5.41, 5.74) is -0.284. The number of fused-ring (bicyclic) bond motifs is 1. The van der Waals surface area contributed by atoms with Gasteiger partial charge < -0.3 is 5.11 Å². The predicted molar refractivity (Wildman–Crippen MR) is 68.4 cm³/mol. The molecule has 0 bridgehead atoms. The summed E-state index contributed by atoms with van der Waals surface area (Å²) in [6, 6.07) is 0. The van der Waals surface area contributed by atoms with Crippen LogP contribution >= 0.6 is 0 Å². The Morgan fingerprint density at radius 1 is 1.44 bits per heavy atom. The molecule has 0 aliphatic carbocycles. The Hall–Kier alpha value is -1.69. The lowest BCUT2D eigenvalue weighted by molar-refractivity contribution is 0.0659. The van der Waals surface area contributed by atoms with Crippen LogP contribution in [0.5, 0.6) is 0 Å². The normalized spacial score (nSPS) is 12.2. The Labute approximate surface area is 105 Å². The maximum absolute atomic E-state index is 12.2. The van der Waals surface area contributed by atoms with Crippen LogP contribution < -0.4 is 5.56 Å². The molecule has 2 heterocycles. The number of aliphatic hydroxyl groups is 1. The Bertz CT molecular complexity index is 607. The van der Waals surface area contributed by atoms with Crippen LogP contribution in [0.25, 0.3) is 11.0 Å². The maximum Gasteiger partial charge on any atom is 0.264 e. The summed E-state index contributed by atoms with van der Waals surface area (Å²) in [5, 5.41) is 14.3. The SMILES string of the molecule is CCn1ncc2c(=O)n(CCC(C)(C)O)cnc21. The van der Waals surface area contributed by atoms with Crippen molar-refractivity contribution in [2.24, 2.45) is 0 Å². The van der Waals surface area contributed by atoms with E-state index in [2.05, 4.69) is 10.1 Å². The molecule has 6 heteroatoms. The van der Waals surface area contributed by atoms with Gasteiger partial charge in [-0.25, -0.2) is 9.67 Å². The molecule has 0 unspecified atom stereocenters. The topological polar surface area (TPSA) is 72.9 Å². The lowest BCUT2D eigenvalue weighted by atomic mass is 10.1. The van der Waals surface area contributed by atoms with E-state index < -0.39 is 5.60 Å². The molecule has 2 aromatic heterocycles. The number of nitrogens with zero attached hydrogens (tertiary/aromatic N) is 4. The Morgan fingerprint density at radius 2 is 2.17 bits per heavy atom. The van der Waals surface area contributed by atoms with E-state index in [0.717, 1.165) is 0 Å². The second-order valence-corrected chi connectivity index (χ2v) is 5.00. The minimum absolute atomic E-state index is 0.107. The summed E-state index contributed by atoms with van der Waals surface area (Å²) in [6.07, 6.45) is 3.57. The Morgan fingerprint density at radius 3 is 2.78 bits per heavy atom. The largest absolute Gasteiger partial charge is 0.390 e. The molecule has 98 valence electrons. The van der Waals surface area contributed by atoms with Gasteiger partial charge in [-0.1, -0.05) is 0 Å². The van der Waals surface area contributed by atoms with E-state index in [1.54, 1.807) is 24.7 Å². The summed E-state index contributed by atoms with van der Waals surface area (Å²) in [4.78, 5) is 16.4. The van der Waals surface area contributed by atoms with Crippen molar-refractivity contribution < 1.29 is 5.11 Å². The summed E-state index contributed by atoms with van der Waals surface area (Å²) >= 11 is 0. The molecule has 0 aromatic carbocycles. The lowest BCUT2D eigenvalue weighted by Gasteiger charge is -2.17. The molecule has 0 aliphatic rings. The van der Waals surface area contributed by atoms with Crippen LogP contribution in [0.1, 0.15) is 27.2 Å². The second-order valence-electron chi connectivity index (χ2n) is 5.00. The zero-order chi connectivity index (χ0) is 13.3. The van der Waals surface area contributed by atoms with Crippen molar-refractivity contribution in [1.82, 2.24) is 19.3 Å². The van der Waals surface area contributed by atoms with E-state index in [4.69, 9.17) is 0 Å². The van der Waals surface area contributed by atoms with Crippen molar-refractivity contribution in [2.45, 2.75) is 45.9 Å². The van der Waals surface area contributed by atoms with E-state index >= 15 is 0 Å². The molecule has 2 aromatic rings. The molecule has 0 saturated carbocycles. The standard InChI is InChI=1S/C12H18N4O2/c1-4-16-10-9(7-14-16)11(17)15(8-13-10)6-5-12(2,3)18/h7-8,18H,4-6H2,1-3H3. The molecule has 0 fully saturated rings. The average molecular weight is 250 g/mol. The molecule has 0 saturated heterocycles. The van der Waals surface area contributed by atoms with Gasteiger partial charge in [0, 0.05) is 13.1 Å². The van der Waals surface area contributed by atoms with Gasteiger partial charge in [0.15, 0.2) is 5.65 Å². The van der Waals surface area contributed by atoms with Crippen molar-refractivity contribution in [3.63, 3.8) is 0 Å². The highest BCUT2D eigenvalue weighted by molar-refractivity contribution is 5.72. The smallest absolute Gasteiger partial charge is 0.264 e. The first-order valence-corrected chi connectivity index (χ1v) is 6.05. The minimum Gasteiger partial charge on any atom is -0.390 e. The van der Waals surface area contributed by atoms with Crippen molar-refractivity contribution >= 4 is 11.0 Å². The van der Waals surface area contributed by atoms with Crippen LogP contribution in [0.2, 0.25) is 0 Å². The van der Waals surface area contributed by atoms with Crippen LogP contribution in [0.4, 0.5) is 0 Å². The van der Waals surface area contributed by atoms with E-state index in [1.165, 1.54) is 10.9 Å². The molecule has 0 atom stereocenters. The third kappa shape index (κ3) is 2.43. The van der Waals surface area contributed by atoms with Gasteiger partial charge in [0.2, 0.25) is 0 Å². The summed E-state index contributed by atoms with van der Waals surface area (Å²) < 4.78 is 3.21. The van der Waals surface area contributed by atoms with E-state index in [9.17, 15) is 9.90 Å². The van der Waals surface area contributed by atoms with Gasteiger partial charge >= 0.3 is 0 Å². The van der Waals surface area contributed by atoms with Gasteiger partial charge in [0.1, 0.15) is 5.39 Å². The van der Waals surface area contributed by atoms with E-state index in [-0.39, 0.29) is 5.56 Å². The molecule has 0 amide bonds. The zero-order valence-corrected chi connectivity index (χ0v) is 10.9. The molecule has 0 spiro atoms. The molecular weight excluding hydrogens is 232 g/mol. The summed E-state index contributed by atoms with van der Waals surface area (Å²) in [6.45, 7) is 6.53. The number of aryl methyl sites for hydroxylation is 2. The lowest BCUT2D eigenvalue weighted by Crippen LogP contribution is -2.26. The highest BCUT2D eigenvalue weighted by Gasteiger charge is 2.14. The van der Waals surface area contributed by atoms with Crippen LogP contribution in [-0.4, -0.2) is 30.0 Å². The van der Waals surface area contributed by atoms with Gasteiger partial charge in [0.05, 0.1) is 18.1 Å². The van der Waals surface area contributed by atoms with Gasteiger partial charge in [-0.05, 0) is 27.2 Å². The monoisotopic (exact) mass is 250 g/mol. The number of hydrogen-bond donors (Lipinski definition) is 1. The minimum atomic E-state index is -0.790. The van der Waals surface area contributed by atoms with E-state index in [1.807, 2.05) is 6.92 Å². The van der Waals surface area contributed by atoms with Crippen LogP contribution in [0, 0.1) is 0 Å². The quantitative estimate of drug-likeness (QED) is 0.870. The van der Waals surface area contributed by atoms with Crippen LogP contribution in [0.15, 0.2) is 17.3 Å². The molecule has 1 N–H and O–H groups in total. The number of hydrogen-bond acceptors (Lipinski definition) is 4. The fraction of sp³-hybridized carbons (Fsp3) is 0.583. The van der Waals surface area contributed by atoms with Crippen molar-refractivity contribution in [2.75, 3.05) is 0 Å². The van der Waals surface area contributed by atoms with Gasteiger partial charge in [0.25, 0.3) is 5.56 Å². The van der Waals surface area contributed by atoms with Gasteiger partial charge in [-0.3, -0.25) is 9.36 Å². The van der Waals surface area contributed by atoms with Crippen LogP contribution in [0.3, 0.4) is 0 Å². The third-order valence-corrected chi connectivity index (χ3v) is 2.89. The zero-order valence-electron chi connectivity index (χ0n) is 10.9. The molecule has 0 radical (unpaired) electrons. The first-order valence-electron chi connectivity index (χ1n) is 6.05. The number of rotatable bonds is 4.